The van der Waals surface area contributed by atoms with Crippen molar-refractivity contribution in [1.29, 1.82) is 0 Å². The maximum Gasteiger partial charge on any atom is 0.223 e. The highest BCUT2D eigenvalue weighted by Crippen LogP contribution is 2.26. The fourth-order valence-electron chi connectivity index (χ4n) is 3.36. The second-order valence-corrected chi connectivity index (χ2v) is 7.06. The van der Waals surface area contributed by atoms with Crippen molar-refractivity contribution in [1.82, 2.24) is 10.6 Å². The fraction of sp³-hybridized carbons (Fsp3) is 0.350. The molecular formula is C20H22ClFN2O. The molecule has 1 aliphatic heterocycles. The lowest BCUT2D eigenvalue weighted by atomic mass is 9.91. The minimum atomic E-state index is -0.424. The van der Waals surface area contributed by atoms with Gasteiger partial charge in [0.15, 0.2) is 0 Å². The van der Waals surface area contributed by atoms with Crippen molar-refractivity contribution in [2.75, 3.05) is 6.54 Å². The van der Waals surface area contributed by atoms with Gasteiger partial charge in [-0.2, -0.15) is 0 Å². The number of amides is 1. The summed E-state index contributed by atoms with van der Waals surface area (Å²) in [5, 5.41) is 7.04. The van der Waals surface area contributed by atoms with Gasteiger partial charge < -0.3 is 10.6 Å². The van der Waals surface area contributed by atoms with Crippen LogP contribution < -0.4 is 10.6 Å². The third-order valence-corrected chi connectivity index (χ3v) is 4.88. The third kappa shape index (κ3) is 4.59. The van der Waals surface area contributed by atoms with Gasteiger partial charge in [-0.15, -0.1) is 0 Å². The Labute approximate surface area is 152 Å². The minimum absolute atomic E-state index is 0.00240. The van der Waals surface area contributed by atoms with Gasteiger partial charge in [-0.1, -0.05) is 35.9 Å². The molecule has 0 saturated carbocycles. The summed E-state index contributed by atoms with van der Waals surface area (Å²) >= 11 is 6.12. The Kier molecular flexibility index (Phi) is 5.71. The monoisotopic (exact) mass is 360 g/mol. The second kappa shape index (κ2) is 7.98. The van der Waals surface area contributed by atoms with Gasteiger partial charge in [-0.3, -0.25) is 4.79 Å². The van der Waals surface area contributed by atoms with Crippen LogP contribution in [0.3, 0.4) is 0 Å². The molecule has 1 saturated heterocycles. The van der Waals surface area contributed by atoms with Crippen LogP contribution >= 0.6 is 11.6 Å². The molecule has 25 heavy (non-hydrogen) atoms. The van der Waals surface area contributed by atoms with Crippen LogP contribution in [0.4, 0.5) is 4.39 Å². The number of carbonyl (C=O) groups is 1. The molecular weight excluding hydrogens is 339 g/mol. The van der Waals surface area contributed by atoms with Gasteiger partial charge in [0.25, 0.3) is 0 Å². The van der Waals surface area contributed by atoms with E-state index in [1.807, 2.05) is 24.3 Å². The van der Waals surface area contributed by atoms with Crippen molar-refractivity contribution in [3.05, 3.63) is 70.5 Å². The molecule has 0 bridgehead atoms. The normalized spacial score (nSPS) is 21.6. The summed E-state index contributed by atoms with van der Waals surface area (Å²) in [6, 6.07) is 13.5. The predicted molar refractivity (Wildman–Crippen MR) is 98.0 cm³/mol. The first-order chi connectivity index (χ1) is 12.0. The molecule has 1 fully saturated rings. The molecule has 5 heteroatoms. The van der Waals surface area contributed by atoms with E-state index >= 15 is 0 Å². The quantitative estimate of drug-likeness (QED) is 0.862. The van der Waals surface area contributed by atoms with E-state index in [0.717, 1.165) is 24.9 Å². The van der Waals surface area contributed by atoms with E-state index in [9.17, 15) is 9.18 Å². The molecule has 3 atom stereocenters. The van der Waals surface area contributed by atoms with E-state index in [1.54, 1.807) is 12.1 Å². The molecule has 1 aliphatic rings. The maximum absolute atomic E-state index is 13.7. The Bertz CT molecular complexity index is 706. The van der Waals surface area contributed by atoms with Crippen LogP contribution in [0.25, 0.3) is 0 Å². The number of benzene rings is 2. The molecule has 0 radical (unpaired) electrons. The molecule has 1 unspecified atom stereocenters. The zero-order valence-electron chi connectivity index (χ0n) is 14.1. The smallest absolute Gasteiger partial charge is 0.223 e. The summed E-state index contributed by atoms with van der Waals surface area (Å²) in [6.07, 6.45) is 1.61. The van der Waals surface area contributed by atoms with Crippen molar-refractivity contribution in [3.8, 4) is 0 Å². The molecule has 1 heterocycles. The highest BCUT2D eigenvalue weighted by atomic mass is 35.5. The highest BCUT2D eigenvalue weighted by Gasteiger charge is 2.27. The molecule has 3 nitrogen and oxygen atoms in total. The van der Waals surface area contributed by atoms with Gasteiger partial charge in [0, 0.05) is 17.0 Å². The highest BCUT2D eigenvalue weighted by molar-refractivity contribution is 6.30. The zero-order valence-corrected chi connectivity index (χ0v) is 14.9. The first-order valence-corrected chi connectivity index (χ1v) is 8.95. The Balaban J connectivity index is 1.87. The molecule has 1 amide bonds. The number of halogens is 2. The Morgan fingerprint density at radius 2 is 1.96 bits per heavy atom. The van der Waals surface area contributed by atoms with Gasteiger partial charge in [-0.05, 0) is 61.7 Å². The van der Waals surface area contributed by atoms with Crippen molar-refractivity contribution in [2.45, 2.75) is 31.8 Å². The van der Waals surface area contributed by atoms with Gasteiger partial charge in [0.1, 0.15) is 5.82 Å². The molecule has 2 aromatic rings. The van der Waals surface area contributed by atoms with Gasteiger partial charge in [0.05, 0.1) is 6.04 Å². The summed E-state index contributed by atoms with van der Waals surface area (Å²) < 4.78 is 13.7. The van der Waals surface area contributed by atoms with Crippen molar-refractivity contribution in [3.63, 3.8) is 0 Å². The second-order valence-electron chi connectivity index (χ2n) is 6.63. The van der Waals surface area contributed by atoms with E-state index in [-0.39, 0.29) is 17.6 Å². The zero-order chi connectivity index (χ0) is 17.8. The first-order valence-electron chi connectivity index (χ1n) is 8.57. The van der Waals surface area contributed by atoms with Crippen LogP contribution in [0.15, 0.2) is 48.5 Å². The number of nitrogens with one attached hydrogen (secondary N) is 2. The average Bonchev–Trinajstić information content (AvgIpc) is 2.59. The van der Waals surface area contributed by atoms with Crippen LogP contribution in [-0.2, 0) is 4.79 Å². The third-order valence-electron chi connectivity index (χ3n) is 4.65. The number of piperidine rings is 1. The van der Waals surface area contributed by atoms with Crippen LogP contribution in [0.5, 0.6) is 0 Å². The minimum Gasteiger partial charge on any atom is -0.345 e. The summed E-state index contributed by atoms with van der Waals surface area (Å²) in [6.45, 7) is 2.92. The summed E-state index contributed by atoms with van der Waals surface area (Å²) in [7, 11) is 0. The summed E-state index contributed by atoms with van der Waals surface area (Å²) in [4.78, 5) is 12.8. The van der Waals surface area contributed by atoms with Gasteiger partial charge in [0.2, 0.25) is 5.91 Å². The number of hydrogen-bond acceptors (Lipinski definition) is 2. The van der Waals surface area contributed by atoms with E-state index < -0.39 is 6.04 Å². The largest absolute Gasteiger partial charge is 0.345 e. The molecule has 2 aromatic carbocycles. The average molecular weight is 361 g/mol. The van der Waals surface area contributed by atoms with Crippen LogP contribution in [0.2, 0.25) is 5.02 Å². The molecule has 2 N–H and O–H groups in total. The van der Waals surface area contributed by atoms with Crippen LogP contribution in [-0.4, -0.2) is 18.5 Å². The van der Waals surface area contributed by atoms with E-state index in [1.165, 1.54) is 12.1 Å². The maximum atomic E-state index is 13.7. The summed E-state index contributed by atoms with van der Waals surface area (Å²) in [5.41, 5.74) is 1.55. The van der Waals surface area contributed by atoms with Gasteiger partial charge >= 0.3 is 0 Å². The topological polar surface area (TPSA) is 41.1 Å². The molecule has 3 rings (SSSR count). The standard InChI is InChI=1S/C20H22ClFN2O/c1-13-10-16(8-9-23-13)20(25)24-19(14-4-2-6-17(21)11-14)15-5-3-7-18(22)12-15/h2-7,11-13,16,19,23H,8-10H2,1H3,(H,24,25)/t13-,16-,19?/m0/s1. The van der Waals surface area contributed by atoms with Crippen LogP contribution in [0.1, 0.15) is 36.9 Å². The van der Waals surface area contributed by atoms with Gasteiger partial charge in [-0.25, -0.2) is 4.39 Å². The lowest BCUT2D eigenvalue weighted by Gasteiger charge is -2.29. The molecule has 132 valence electrons. The Hall–Kier alpha value is -1.91. The van der Waals surface area contributed by atoms with E-state index in [0.29, 0.717) is 16.6 Å². The number of hydrogen-bond donors (Lipinski definition) is 2. The van der Waals surface area contributed by atoms with E-state index in [2.05, 4.69) is 17.6 Å². The van der Waals surface area contributed by atoms with Crippen molar-refractivity contribution < 1.29 is 9.18 Å². The first kappa shape index (κ1) is 17.9. The Morgan fingerprint density at radius 3 is 2.64 bits per heavy atom. The number of rotatable bonds is 4. The van der Waals surface area contributed by atoms with Crippen molar-refractivity contribution in [2.24, 2.45) is 5.92 Å². The molecule has 0 aromatic heterocycles. The van der Waals surface area contributed by atoms with E-state index in [4.69, 9.17) is 11.6 Å². The SMILES string of the molecule is C[C@H]1C[C@@H](C(=O)NC(c2cccc(F)c2)c2cccc(Cl)c2)CCN1. The fourth-order valence-corrected chi connectivity index (χ4v) is 3.56. The number of carbonyl (C=O) groups excluding carboxylic acids is 1. The lowest BCUT2D eigenvalue weighted by molar-refractivity contribution is -0.126. The molecule has 0 aliphatic carbocycles. The van der Waals surface area contributed by atoms with Crippen LogP contribution in [0, 0.1) is 11.7 Å². The summed E-state index contributed by atoms with van der Waals surface area (Å²) in [5.74, 6) is -0.358. The Morgan fingerprint density at radius 1 is 1.24 bits per heavy atom. The predicted octanol–water partition coefficient (Wildman–Crippen LogP) is 4.07. The lowest BCUT2D eigenvalue weighted by Crippen LogP contribution is -2.43. The van der Waals surface area contributed by atoms with Crippen molar-refractivity contribution >= 4 is 17.5 Å². The molecule has 0 spiro atoms.